The largest absolute Gasteiger partial charge is 0.462 e. The van der Waals surface area contributed by atoms with Crippen molar-refractivity contribution in [3.05, 3.63) is 35.5 Å². The first-order valence-electron chi connectivity index (χ1n) is 7.76. The summed E-state index contributed by atoms with van der Waals surface area (Å²) in [5.74, 6) is -0.591. The van der Waals surface area contributed by atoms with E-state index >= 15 is 0 Å². The summed E-state index contributed by atoms with van der Waals surface area (Å²) < 4.78 is 44.8. The first-order valence-corrected chi connectivity index (χ1v) is 7.76. The van der Waals surface area contributed by atoms with Crippen LogP contribution in [-0.4, -0.2) is 30.6 Å². The molecule has 130 valence electrons. The van der Waals surface area contributed by atoms with E-state index in [4.69, 9.17) is 4.74 Å². The second-order valence-corrected chi connectivity index (χ2v) is 5.11. The number of ether oxygens (including phenoxy) is 1. The molecule has 0 spiro atoms. The second-order valence-electron chi connectivity index (χ2n) is 5.11. The number of halogens is 3. The summed E-state index contributed by atoms with van der Waals surface area (Å²) >= 11 is 0. The third-order valence-corrected chi connectivity index (χ3v) is 3.75. The van der Waals surface area contributed by atoms with Gasteiger partial charge in [0.05, 0.1) is 23.4 Å². The average Bonchev–Trinajstić information content (AvgIpc) is 2.54. The van der Waals surface area contributed by atoms with E-state index in [0.717, 1.165) is 6.07 Å². The number of esters is 1. The molecule has 0 fully saturated rings. The smallest absolute Gasteiger partial charge is 0.418 e. The van der Waals surface area contributed by atoms with E-state index in [0.29, 0.717) is 24.2 Å². The minimum absolute atomic E-state index is 0.167. The van der Waals surface area contributed by atoms with E-state index in [1.165, 1.54) is 12.3 Å². The highest BCUT2D eigenvalue weighted by Gasteiger charge is 2.34. The maximum absolute atomic E-state index is 13.2. The normalized spacial score (nSPS) is 11.6. The fraction of sp³-hybridized carbons (Fsp3) is 0.412. The van der Waals surface area contributed by atoms with Crippen LogP contribution in [0, 0.1) is 0 Å². The summed E-state index contributed by atoms with van der Waals surface area (Å²) in [4.78, 5) is 18.0. The minimum Gasteiger partial charge on any atom is -0.462 e. The summed E-state index contributed by atoms with van der Waals surface area (Å²) in [6, 6.07) is 3.87. The van der Waals surface area contributed by atoms with Crippen LogP contribution in [0.25, 0.3) is 10.9 Å². The summed E-state index contributed by atoms with van der Waals surface area (Å²) in [6.45, 7) is 6.68. The quantitative estimate of drug-likeness (QED) is 0.762. The van der Waals surface area contributed by atoms with Gasteiger partial charge >= 0.3 is 12.1 Å². The minimum atomic E-state index is -4.52. The van der Waals surface area contributed by atoms with Gasteiger partial charge in [-0.05, 0) is 26.8 Å². The van der Waals surface area contributed by atoms with E-state index < -0.39 is 17.7 Å². The van der Waals surface area contributed by atoms with Gasteiger partial charge in [0.25, 0.3) is 0 Å². The average molecular weight is 340 g/mol. The Bertz CT molecular complexity index is 740. The van der Waals surface area contributed by atoms with Crippen LogP contribution < -0.4 is 4.90 Å². The molecule has 1 aromatic carbocycles. The Morgan fingerprint density at radius 3 is 2.42 bits per heavy atom. The van der Waals surface area contributed by atoms with Gasteiger partial charge in [-0.2, -0.15) is 13.2 Å². The molecule has 0 aliphatic rings. The van der Waals surface area contributed by atoms with Crippen molar-refractivity contribution >= 4 is 22.6 Å². The highest BCUT2D eigenvalue weighted by atomic mass is 19.4. The Morgan fingerprint density at radius 2 is 1.88 bits per heavy atom. The van der Waals surface area contributed by atoms with Crippen molar-refractivity contribution in [2.24, 2.45) is 0 Å². The molecule has 0 radical (unpaired) electrons. The lowest BCUT2D eigenvalue weighted by molar-refractivity contribution is -0.136. The van der Waals surface area contributed by atoms with Crippen molar-refractivity contribution < 1.29 is 22.7 Å². The maximum atomic E-state index is 13.2. The maximum Gasteiger partial charge on any atom is 0.418 e. The molecule has 0 atom stereocenters. The van der Waals surface area contributed by atoms with E-state index in [1.807, 2.05) is 18.7 Å². The third kappa shape index (κ3) is 3.29. The number of anilines is 1. The first-order chi connectivity index (χ1) is 11.3. The predicted molar refractivity (Wildman–Crippen MR) is 86.3 cm³/mol. The Kier molecular flexibility index (Phi) is 5.31. The molecule has 7 heteroatoms. The first kappa shape index (κ1) is 18.0. The number of fused-ring (bicyclic) bond motifs is 1. The van der Waals surface area contributed by atoms with Crippen molar-refractivity contribution in [2.45, 2.75) is 26.9 Å². The van der Waals surface area contributed by atoms with Crippen LogP contribution in [0.1, 0.15) is 36.7 Å². The predicted octanol–water partition coefficient (Wildman–Crippen LogP) is 4.28. The van der Waals surface area contributed by atoms with Crippen LogP contribution in [0.2, 0.25) is 0 Å². The standard InChI is InChI=1S/C17H19F3N2O2/c1-4-22(5-2)15-11-8-7-9-13(17(18,19)20)14(11)21-10-12(15)16(23)24-6-3/h7-10H,4-6H2,1-3H3. The second kappa shape index (κ2) is 7.07. The molecule has 0 aliphatic heterocycles. The topological polar surface area (TPSA) is 42.4 Å². The molecular weight excluding hydrogens is 321 g/mol. The molecule has 0 saturated carbocycles. The number of nitrogens with zero attached hydrogens (tertiary/aromatic N) is 2. The molecule has 1 aromatic heterocycles. The lowest BCUT2D eigenvalue weighted by atomic mass is 10.0. The zero-order valence-corrected chi connectivity index (χ0v) is 13.8. The SMILES string of the molecule is CCOC(=O)c1cnc2c(C(F)(F)F)cccc2c1N(CC)CC. The molecule has 2 aromatic rings. The molecule has 0 amide bonds. The highest BCUT2D eigenvalue weighted by molar-refractivity contribution is 6.06. The Labute approximate surface area is 138 Å². The van der Waals surface area contributed by atoms with Crippen LogP contribution in [-0.2, 0) is 10.9 Å². The van der Waals surface area contributed by atoms with Crippen LogP contribution in [0.4, 0.5) is 18.9 Å². The Hall–Kier alpha value is -2.31. The van der Waals surface area contributed by atoms with Gasteiger partial charge in [-0.15, -0.1) is 0 Å². The van der Waals surface area contributed by atoms with Crippen LogP contribution >= 0.6 is 0 Å². The van der Waals surface area contributed by atoms with Gasteiger partial charge in [0.1, 0.15) is 5.56 Å². The number of pyridine rings is 1. The van der Waals surface area contributed by atoms with Crippen molar-refractivity contribution in [1.29, 1.82) is 0 Å². The van der Waals surface area contributed by atoms with Crippen LogP contribution in [0.5, 0.6) is 0 Å². The summed E-state index contributed by atoms with van der Waals surface area (Å²) in [6.07, 6.45) is -3.35. The van der Waals surface area contributed by atoms with E-state index in [2.05, 4.69) is 4.98 Å². The lowest BCUT2D eigenvalue weighted by Crippen LogP contribution is -2.25. The Balaban J connectivity index is 2.82. The van der Waals surface area contributed by atoms with Gasteiger partial charge < -0.3 is 9.64 Å². The van der Waals surface area contributed by atoms with Gasteiger partial charge in [-0.25, -0.2) is 4.79 Å². The number of hydrogen-bond donors (Lipinski definition) is 0. The van der Waals surface area contributed by atoms with Crippen molar-refractivity contribution in [3.63, 3.8) is 0 Å². The number of hydrogen-bond acceptors (Lipinski definition) is 4. The Morgan fingerprint density at radius 1 is 1.21 bits per heavy atom. The number of aromatic nitrogens is 1. The summed E-state index contributed by atoms with van der Waals surface area (Å²) in [5, 5.41) is 0.291. The monoisotopic (exact) mass is 340 g/mol. The molecule has 0 aliphatic carbocycles. The number of carbonyl (C=O) groups excluding carboxylic acids is 1. The van der Waals surface area contributed by atoms with Gasteiger partial charge in [-0.3, -0.25) is 4.98 Å². The summed E-state index contributed by atoms with van der Waals surface area (Å²) in [5.41, 5.74) is -0.384. The van der Waals surface area contributed by atoms with E-state index in [9.17, 15) is 18.0 Å². The number of rotatable bonds is 5. The number of para-hydroxylation sites is 1. The van der Waals surface area contributed by atoms with Gasteiger partial charge in [-0.1, -0.05) is 12.1 Å². The molecular formula is C17H19F3N2O2. The molecule has 0 bridgehead atoms. The molecule has 24 heavy (non-hydrogen) atoms. The molecule has 1 heterocycles. The molecule has 0 N–H and O–H groups in total. The van der Waals surface area contributed by atoms with Gasteiger partial charge in [0, 0.05) is 24.7 Å². The molecule has 0 unspecified atom stereocenters. The number of carbonyl (C=O) groups is 1. The zero-order valence-electron chi connectivity index (χ0n) is 13.8. The number of benzene rings is 1. The third-order valence-electron chi connectivity index (χ3n) is 3.75. The summed E-state index contributed by atoms with van der Waals surface area (Å²) in [7, 11) is 0. The lowest BCUT2D eigenvalue weighted by Gasteiger charge is -2.25. The molecule has 2 rings (SSSR count). The fourth-order valence-electron chi connectivity index (χ4n) is 2.68. The van der Waals surface area contributed by atoms with Crippen LogP contribution in [0.15, 0.2) is 24.4 Å². The van der Waals surface area contributed by atoms with Crippen molar-refractivity contribution in [3.8, 4) is 0 Å². The molecule has 0 saturated heterocycles. The van der Waals surface area contributed by atoms with Gasteiger partial charge in [0.2, 0.25) is 0 Å². The van der Waals surface area contributed by atoms with Gasteiger partial charge in [0.15, 0.2) is 0 Å². The van der Waals surface area contributed by atoms with Crippen molar-refractivity contribution in [1.82, 2.24) is 4.98 Å². The zero-order chi connectivity index (χ0) is 17.9. The number of alkyl halides is 3. The molecule has 4 nitrogen and oxygen atoms in total. The van der Waals surface area contributed by atoms with E-state index in [-0.39, 0.29) is 17.7 Å². The van der Waals surface area contributed by atoms with E-state index in [1.54, 1.807) is 13.0 Å². The fourth-order valence-corrected chi connectivity index (χ4v) is 2.68. The van der Waals surface area contributed by atoms with Crippen LogP contribution in [0.3, 0.4) is 0 Å². The highest BCUT2D eigenvalue weighted by Crippen LogP contribution is 2.38. The van der Waals surface area contributed by atoms with Crippen molar-refractivity contribution in [2.75, 3.05) is 24.6 Å².